The third-order valence-electron chi connectivity index (χ3n) is 3.11. The van der Waals surface area contributed by atoms with Gasteiger partial charge in [0.1, 0.15) is 11.4 Å². The van der Waals surface area contributed by atoms with Crippen LogP contribution in [0.3, 0.4) is 0 Å². The first-order chi connectivity index (χ1) is 11.9. The Morgan fingerprint density at radius 2 is 2.08 bits per heavy atom. The number of nitriles is 1. The SMILES string of the molecule is N#CCCCOc1cccc(NC(=O)c2ccc(C(F)(F)F)nc2)c1. The van der Waals surface area contributed by atoms with E-state index in [2.05, 4.69) is 10.3 Å². The number of hydrogen-bond acceptors (Lipinski definition) is 4. The molecule has 1 aromatic heterocycles. The molecule has 0 bridgehead atoms. The number of amides is 1. The van der Waals surface area contributed by atoms with Gasteiger partial charge in [-0.2, -0.15) is 18.4 Å². The second-order valence-corrected chi connectivity index (χ2v) is 5.02. The molecule has 25 heavy (non-hydrogen) atoms. The number of nitrogens with zero attached hydrogens (tertiary/aromatic N) is 2. The van der Waals surface area contributed by atoms with E-state index < -0.39 is 17.8 Å². The average Bonchev–Trinajstić information content (AvgIpc) is 2.58. The van der Waals surface area contributed by atoms with Crippen molar-refractivity contribution in [1.82, 2.24) is 4.98 Å². The van der Waals surface area contributed by atoms with Gasteiger partial charge in [0.15, 0.2) is 0 Å². The summed E-state index contributed by atoms with van der Waals surface area (Å²) >= 11 is 0. The zero-order valence-corrected chi connectivity index (χ0v) is 13.0. The van der Waals surface area contributed by atoms with Crippen molar-refractivity contribution in [2.75, 3.05) is 11.9 Å². The maximum atomic E-state index is 12.5. The molecule has 2 aromatic rings. The Morgan fingerprint density at radius 3 is 2.72 bits per heavy atom. The van der Waals surface area contributed by atoms with Crippen LogP contribution in [0.25, 0.3) is 0 Å². The molecule has 1 amide bonds. The van der Waals surface area contributed by atoms with Crippen molar-refractivity contribution < 1.29 is 22.7 Å². The standard InChI is InChI=1S/C17H14F3N3O2/c18-17(19,20)15-7-6-12(11-22-15)16(24)23-13-4-3-5-14(10-13)25-9-2-1-8-21/h3-7,10-11H,1-2,9H2,(H,23,24). The molecule has 2 rings (SSSR count). The normalized spacial score (nSPS) is 10.8. The molecule has 0 aliphatic carbocycles. The van der Waals surface area contributed by atoms with E-state index in [1.54, 1.807) is 24.3 Å². The number of ether oxygens (including phenoxy) is 1. The first-order valence-corrected chi connectivity index (χ1v) is 7.34. The number of benzene rings is 1. The van der Waals surface area contributed by atoms with Crippen LogP contribution >= 0.6 is 0 Å². The molecule has 0 radical (unpaired) electrons. The Kier molecular flexibility index (Phi) is 5.95. The molecule has 0 saturated heterocycles. The second-order valence-electron chi connectivity index (χ2n) is 5.02. The largest absolute Gasteiger partial charge is 0.493 e. The van der Waals surface area contributed by atoms with Crippen LogP contribution in [0.5, 0.6) is 5.75 Å². The lowest BCUT2D eigenvalue weighted by Crippen LogP contribution is -2.14. The molecule has 1 N–H and O–H groups in total. The number of carbonyl (C=O) groups excluding carboxylic acids is 1. The van der Waals surface area contributed by atoms with Crippen molar-refractivity contribution in [2.45, 2.75) is 19.0 Å². The number of aromatic nitrogens is 1. The zero-order chi connectivity index (χ0) is 18.3. The number of halogens is 3. The first kappa shape index (κ1) is 18.3. The van der Waals surface area contributed by atoms with Gasteiger partial charge in [0, 0.05) is 24.4 Å². The summed E-state index contributed by atoms with van der Waals surface area (Å²) in [6.45, 7) is 0.369. The summed E-state index contributed by atoms with van der Waals surface area (Å²) in [6, 6.07) is 10.4. The van der Waals surface area contributed by atoms with Crippen LogP contribution in [0, 0.1) is 11.3 Å². The minimum Gasteiger partial charge on any atom is -0.493 e. The number of nitrogens with one attached hydrogen (secondary N) is 1. The molecule has 5 nitrogen and oxygen atoms in total. The summed E-state index contributed by atoms with van der Waals surface area (Å²) in [5, 5.41) is 11.0. The van der Waals surface area contributed by atoms with Gasteiger partial charge >= 0.3 is 6.18 Å². The topological polar surface area (TPSA) is 75.0 Å². The molecule has 0 atom stereocenters. The fraction of sp³-hybridized carbons (Fsp3) is 0.235. The van der Waals surface area contributed by atoms with E-state index in [-0.39, 0.29) is 5.56 Å². The molecule has 0 aliphatic rings. The summed E-state index contributed by atoms with van der Waals surface area (Å²) in [5.74, 6) is -0.0656. The van der Waals surface area contributed by atoms with Gasteiger partial charge in [-0.15, -0.1) is 0 Å². The molecule has 0 saturated carbocycles. The summed E-state index contributed by atoms with van der Waals surface area (Å²) in [5.41, 5.74) is -0.618. The molecule has 0 spiro atoms. The van der Waals surface area contributed by atoms with Crippen LogP contribution < -0.4 is 10.1 Å². The lowest BCUT2D eigenvalue weighted by molar-refractivity contribution is -0.141. The Balaban J connectivity index is 1.99. The number of hydrogen-bond donors (Lipinski definition) is 1. The highest BCUT2D eigenvalue weighted by molar-refractivity contribution is 6.04. The maximum Gasteiger partial charge on any atom is 0.433 e. The number of alkyl halides is 3. The first-order valence-electron chi connectivity index (χ1n) is 7.34. The van der Waals surface area contributed by atoms with E-state index in [4.69, 9.17) is 10.00 Å². The van der Waals surface area contributed by atoms with Gasteiger partial charge in [0.25, 0.3) is 5.91 Å². The predicted octanol–water partition coefficient (Wildman–Crippen LogP) is 4.04. The minimum absolute atomic E-state index is 0.00772. The predicted molar refractivity (Wildman–Crippen MR) is 84.0 cm³/mol. The van der Waals surface area contributed by atoms with E-state index in [1.807, 2.05) is 6.07 Å². The highest BCUT2D eigenvalue weighted by Crippen LogP contribution is 2.27. The van der Waals surface area contributed by atoms with E-state index in [0.717, 1.165) is 18.3 Å². The van der Waals surface area contributed by atoms with Crippen LogP contribution in [-0.2, 0) is 6.18 Å². The summed E-state index contributed by atoms with van der Waals surface area (Å²) < 4.78 is 42.9. The monoisotopic (exact) mass is 349 g/mol. The number of anilines is 1. The Labute approximate surface area is 142 Å². The smallest absolute Gasteiger partial charge is 0.433 e. The quantitative estimate of drug-likeness (QED) is 0.799. The zero-order valence-electron chi connectivity index (χ0n) is 13.0. The van der Waals surface area contributed by atoms with Gasteiger partial charge in [-0.25, -0.2) is 0 Å². The van der Waals surface area contributed by atoms with Crippen molar-refractivity contribution >= 4 is 11.6 Å². The van der Waals surface area contributed by atoms with Crippen LogP contribution in [0.1, 0.15) is 28.9 Å². The average molecular weight is 349 g/mol. The van der Waals surface area contributed by atoms with Crippen molar-refractivity contribution in [1.29, 1.82) is 5.26 Å². The van der Waals surface area contributed by atoms with E-state index in [9.17, 15) is 18.0 Å². The maximum absolute atomic E-state index is 12.5. The van der Waals surface area contributed by atoms with Gasteiger partial charge in [-0.3, -0.25) is 9.78 Å². The second kappa shape index (κ2) is 8.15. The molecule has 0 unspecified atom stereocenters. The Bertz CT molecular complexity index is 768. The third kappa shape index (κ3) is 5.49. The van der Waals surface area contributed by atoms with E-state index >= 15 is 0 Å². The molecule has 0 fully saturated rings. The van der Waals surface area contributed by atoms with Crippen LogP contribution in [0.15, 0.2) is 42.6 Å². The van der Waals surface area contributed by atoms with Gasteiger partial charge in [0.05, 0.1) is 18.2 Å². The van der Waals surface area contributed by atoms with Gasteiger partial charge in [-0.1, -0.05) is 6.07 Å². The molecule has 130 valence electrons. The third-order valence-corrected chi connectivity index (χ3v) is 3.11. The Hall–Kier alpha value is -3.08. The molecule has 0 aliphatic heterocycles. The number of unbranched alkanes of at least 4 members (excludes halogenated alkanes) is 1. The van der Waals surface area contributed by atoms with Crippen molar-refractivity contribution in [3.05, 3.63) is 53.9 Å². The van der Waals surface area contributed by atoms with Crippen LogP contribution in [0.4, 0.5) is 18.9 Å². The highest BCUT2D eigenvalue weighted by atomic mass is 19.4. The van der Waals surface area contributed by atoms with E-state index in [1.165, 1.54) is 0 Å². The summed E-state index contributed by atoms with van der Waals surface area (Å²) in [7, 11) is 0. The lowest BCUT2D eigenvalue weighted by Gasteiger charge is -2.09. The van der Waals surface area contributed by atoms with Gasteiger partial charge in [0.2, 0.25) is 0 Å². The van der Waals surface area contributed by atoms with Crippen molar-refractivity contribution in [3.8, 4) is 11.8 Å². The van der Waals surface area contributed by atoms with E-state index in [0.29, 0.717) is 30.9 Å². The minimum atomic E-state index is -4.55. The van der Waals surface area contributed by atoms with Gasteiger partial charge in [-0.05, 0) is 30.7 Å². The fourth-order valence-corrected chi connectivity index (χ4v) is 1.90. The Morgan fingerprint density at radius 1 is 1.28 bits per heavy atom. The summed E-state index contributed by atoms with van der Waals surface area (Å²) in [4.78, 5) is 15.3. The van der Waals surface area contributed by atoms with Gasteiger partial charge < -0.3 is 10.1 Å². The van der Waals surface area contributed by atoms with Crippen LogP contribution in [-0.4, -0.2) is 17.5 Å². The summed E-state index contributed by atoms with van der Waals surface area (Å²) in [6.07, 6.45) is -2.70. The molecule has 8 heteroatoms. The lowest BCUT2D eigenvalue weighted by atomic mass is 10.2. The number of carbonyl (C=O) groups is 1. The fourth-order valence-electron chi connectivity index (χ4n) is 1.90. The molecular formula is C17H14F3N3O2. The van der Waals surface area contributed by atoms with Crippen molar-refractivity contribution in [2.24, 2.45) is 0 Å². The molecular weight excluding hydrogens is 335 g/mol. The number of rotatable bonds is 6. The molecule has 1 heterocycles. The van der Waals surface area contributed by atoms with Crippen LogP contribution in [0.2, 0.25) is 0 Å². The van der Waals surface area contributed by atoms with Crippen molar-refractivity contribution in [3.63, 3.8) is 0 Å². The number of pyridine rings is 1. The molecule has 1 aromatic carbocycles. The highest BCUT2D eigenvalue weighted by Gasteiger charge is 2.32.